The first-order valence-corrected chi connectivity index (χ1v) is 8.16. The maximum atomic E-state index is 3.62. The van der Waals surface area contributed by atoms with Crippen LogP contribution in [0.25, 0.3) is 11.1 Å². The van der Waals surface area contributed by atoms with Crippen molar-refractivity contribution in [3.05, 3.63) is 60.2 Å². The SMILES string of the molecule is CC1CCC(CNCc2ccc(-c3ccccc3)cc2)C1. The molecule has 2 aromatic rings. The van der Waals surface area contributed by atoms with Gasteiger partial charge >= 0.3 is 0 Å². The zero-order chi connectivity index (χ0) is 14.5. The topological polar surface area (TPSA) is 12.0 Å². The zero-order valence-corrected chi connectivity index (χ0v) is 12.9. The van der Waals surface area contributed by atoms with Crippen LogP contribution < -0.4 is 5.32 Å². The molecule has 0 aliphatic heterocycles. The predicted octanol–water partition coefficient (Wildman–Crippen LogP) is 4.88. The molecule has 2 atom stereocenters. The van der Waals surface area contributed by atoms with Crippen LogP contribution in [-0.4, -0.2) is 6.54 Å². The van der Waals surface area contributed by atoms with Gasteiger partial charge in [0.1, 0.15) is 0 Å². The first-order valence-electron chi connectivity index (χ1n) is 8.16. The average molecular weight is 279 g/mol. The standard InChI is InChI=1S/C20H25N/c1-16-7-8-18(13-16)15-21-14-17-9-11-20(12-10-17)19-5-3-2-4-6-19/h2-6,9-12,16,18,21H,7-8,13-15H2,1H3. The van der Waals surface area contributed by atoms with Gasteiger partial charge in [-0.3, -0.25) is 0 Å². The molecule has 1 aliphatic rings. The summed E-state index contributed by atoms with van der Waals surface area (Å²) >= 11 is 0. The van der Waals surface area contributed by atoms with Gasteiger partial charge in [0.2, 0.25) is 0 Å². The molecule has 1 saturated carbocycles. The Morgan fingerprint density at radius 2 is 1.62 bits per heavy atom. The summed E-state index contributed by atoms with van der Waals surface area (Å²) in [5.74, 6) is 1.82. The number of hydrogen-bond donors (Lipinski definition) is 1. The Labute approximate surface area is 128 Å². The van der Waals surface area contributed by atoms with Crippen molar-refractivity contribution in [1.29, 1.82) is 0 Å². The largest absolute Gasteiger partial charge is 0.312 e. The maximum Gasteiger partial charge on any atom is 0.0205 e. The van der Waals surface area contributed by atoms with Crippen molar-refractivity contribution < 1.29 is 0 Å². The molecule has 1 nitrogen and oxygen atoms in total. The molecule has 3 rings (SSSR count). The van der Waals surface area contributed by atoms with Crippen LogP contribution in [0, 0.1) is 11.8 Å². The summed E-state index contributed by atoms with van der Waals surface area (Å²) in [5.41, 5.74) is 3.96. The Balaban J connectivity index is 1.51. The summed E-state index contributed by atoms with van der Waals surface area (Å²) < 4.78 is 0. The smallest absolute Gasteiger partial charge is 0.0205 e. The summed E-state index contributed by atoms with van der Waals surface area (Å²) in [6.45, 7) is 4.53. The molecule has 1 heteroatoms. The molecule has 0 aromatic heterocycles. The first-order chi connectivity index (χ1) is 10.3. The van der Waals surface area contributed by atoms with Gasteiger partial charge in [-0.1, -0.05) is 67.9 Å². The molecule has 0 heterocycles. The normalized spacial score (nSPS) is 21.6. The monoisotopic (exact) mass is 279 g/mol. The van der Waals surface area contributed by atoms with Gasteiger partial charge in [0.05, 0.1) is 0 Å². The van der Waals surface area contributed by atoms with Crippen LogP contribution in [0.5, 0.6) is 0 Å². The van der Waals surface area contributed by atoms with E-state index in [1.54, 1.807) is 0 Å². The molecule has 0 bridgehead atoms. The van der Waals surface area contributed by atoms with E-state index < -0.39 is 0 Å². The van der Waals surface area contributed by atoms with E-state index in [0.29, 0.717) is 0 Å². The first kappa shape index (κ1) is 14.3. The van der Waals surface area contributed by atoms with Crippen molar-refractivity contribution >= 4 is 0 Å². The summed E-state index contributed by atoms with van der Waals surface area (Å²) in [6.07, 6.45) is 4.22. The molecule has 110 valence electrons. The second kappa shape index (κ2) is 6.91. The Hall–Kier alpha value is -1.60. The molecule has 21 heavy (non-hydrogen) atoms. The molecule has 1 N–H and O–H groups in total. The van der Waals surface area contributed by atoms with Crippen molar-refractivity contribution in [1.82, 2.24) is 5.32 Å². The van der Waals surface area contributed by atoms with E-state index in [1.807, 2.05) is 0 Å². The molecule has 1 fully saturated rings. The zero-order valence-electron chi connectivity index (χ0n) is 12.9. The van der Waals surface area contributed by atoms with Crippen molar-refractivity contribution in [3.63, 3.8) is 0 Å². The van der Waals surface area contributed by atoms with Crippen LogP contribution in [0.1, 0.15) is 31.7 Å². The number of nitrogens with one attached hydrogen (secondary N) is 1. The highest BCUT2D eigenvalue weighted by Crippen LogP contribution is 2.29. The van der Waals surface area contributed by atoms with E-state index >= 15 is 0 Å². The minimum absolute atomic E-state index is 0.892. The fraction of sp³-hybridized carbons (Fsp3) is 0.400. The molecule has 0 saturated heterocycles. The summed E-state index contributed by atoms with van der Waals surface area (Å²) in [6, 6.07) is 19.5. The highest BCUT2D eigenvalue weighted by atomic mass is 14.9. The molecular weight excluding hydrogens is 254 g/mol. The van der Waals surface area contributed by atoms with Gasteiger partial charge in [0.25, 0.3) is 0 Å². The molecule has 0 radical (unpaired) electrons. The van der Waals surface area contributed by atoms with Gasteiger partial charge in [-0.2, -0.15) is 0 Å². The van der Waals surface area contributed by atoms with Crippen LogP contribution in [0.3, 0.4) is 0 Å². The third-order valence-corrected chi connectivity index (χ3v) is 4.63. The lowest BCUT2D eigenvalue weighted by Crippen LogP contribution is -2.20. The Morgan fingerprint density at radius 1 is 0.905 bits per heavy atom. The second-order valence-electron chi connectivity index (χ2n) is 6.48. The molecule has 2 aromatic carbocycles. The van der Waals surface area contributed by atoms with Crippen LogP contribution in [0.4, 0.5) is 0 Å². The fourth-order valence-corrected chi connectivity index (χ4v) is 3.38. The molecule has 0 amide bonds. The maximum absolute atomic E-state index is 3.62. The fourth-order valence-electron chi connectivity index (χ4n) is 3.38. The Kier molecular flexibility index (Phi) is 4.72. The second-order valence-corrected chi connectivity index (χ2v) is 6.48. The van der Waals surface area contributed by atoms with Gasteiger partial charge in [-0.05, 0) is 47.9 Å². The summed E-state index contributed by atoms with van der Waals surface area (Å²) in [7, 11) is 0. The number of hydrogen-bond acceptors (Lipinski definition) is 1. The van der Waals surface area contributed by atoms with Crippen molar-refractivity contribution in [2.45, 2.75) is 32.7 Å². The van der Waals surface area contributed by atoms with Crippen molar-refractivity contribution in [3.8, 4) is 11.1 Å². The third-order valence-electron chi connectivity index (χ3n) is 4.63. The van der Waals surface area contributed by atoms with Gasteiger partial charge in [0.15, 0.2) is 0 Å². The van der Waals surface area contributed by atoms with Crippen molar-refractivity contribution in [2.24, 2.45) is 11.8 Å². The molecule has 0 spiro atoms. The van der Waals surface area contributed by atoms with Gasteiger partial charge in [-0.15, -0.1) is 0 Å². The highest BCUT2D eigenvalue weighted by Gasteiger charge is 2.20. The lowest BCUT2D eigenvalue weighted by molar-refractivity contribution is 0.470. The minimum atomic E-state index is 0.892. The average Bonchev–Trinajstić information content (AvgIpc) is 2.94. The molecule has 2 unspecified atom stereocenters. The van der Waals surface area contributed by atoms with E-state index in [9.17, 15) is 0 Å². The Morgan fingerprint density at radius 3 is 2.29 bits per heavy atom. The number of benzene rings is 2. The van der Waals surface area contributed by atoms with Crippen LogP contribution in [0.2, 0.25) is 0 Å². The lowest BCUT2D eigenvalue weighted by Gasteiger charge is -2.11. The number of rotatable bonds is 5. The molecule has 1 aliphatic carbocycles. The van der Waals surface area contributed by atoms with E-state index in [2.05, 4.69) is 66.8 Å². The van der Waals surface area contributed by atoms with Crippen LogP contribution >= 0.6 is 0 Å². The summed E-state index contributed by atoms with van der Waals surface area (Å²) in [5, 5.41) is 3.62. The summed E-state index contributed by atoms with van der Waals surface area (Å²) in [4.78, 5) is 0. The van der Waals surface area contributed by atoms with Gasteiger partial charge in [-0.25, -0.2) is 0 Å². The van der Waals surface area contributed by atoms with E-state index in [-0.39, 0.29) is 0 Å². The van der Waals surface area contributed by atoms with Crippen LogP contribution in [0.15, 0.2) is 54.6 Å². The van der Waals surface area contributed by atoms with Crippen LogP contribution in [-0.2, 0) is 6.54 Å². The van der Waals surface area contributed by atoms with Gasteiger partial charge < -0.3 is 5.32 Å². The highest BCUT2D eigenvalue weighted by molar-refractivity contribution is 5.63. The lowest BCUT2D eigenvalue weighted by atomic mass is 10.0. The minimum Gasteiger partial charge on any atom is -0.312 e. The van der Waals surface area contributed by atoms with Gasteiger partial charge in [0, 0.05) is 6.54 Å². The van der Waals surface area contributed by atoms with E-state index in [1.165, 1.54) is 42.5 Å². The quantitative estimate of drug-likeness (QED) is 0.822. The van der Waals surface area contributed by atoms with E-state index in [0.717, 1.165) is 18.4 Å². The van der Waals surface area contributed by atoms with E-state index in [4.69, 9.17) is 0 Å². The third kappa shape index (κ3) is 3.95. The Bertz CT molecular complexity index is 544. The predicted molar refractivity (Wildman–Crippen MR) is 90.1 cm³/mol. The van der Waals surface area contributed by atoms with Crippen molar-refractivity contribution in [2.75, 3.05) is 6.54 Å². The molecular formula is C20H25N.